The van der Waals surface area contributed by atoms with E-state index in [4.69, 9.17) is 0 Å². The van der Waals surface area contributed by atoms with Crippen molar-refractivity contribution in [2.45, 2.75) is 25.8 Å². The highest BCUT2D eigenvalue weighted by Crippen LogP contribution is 2.18. The first-order valence-corrected chi connectivity index (χ1v) is 4.97. The molecule has 0 bridgehead atoms. The van der Waals surface area contributed by atoms with E-state index in [0.29, 0.717) is 5.69 Å². The number of pyridine rings is 1. The average Bonchev–Trinajstić information content (AvgIpc) is 2.26. The third kappa shape index (κ3) is 3.34. The molecule has 0 fully saturated rings. The van der Waals surface area contributed by atoms with Crippen LogP contribution >= 0.6 is 0 Å². The normalized spacial score (nSPS) is 11.7. The van der Waals surface area contributed by atoms with Gasteiger partial charge in [-0.1, -0.05) is 0 Å². The van der Waals surface area contributed by atoms with Crippen molar-refractivity contribution in [3.63, 3.8) is 0 Å². The summed E-state index contributed by atoms with van der Waals surface area (Å²) in [5.41, 5.74) is 0.470. The number of rotatable bonds is 4. The first kappa shape index (κ1) is 11.7. The summed E-state index contributed by atoms with van der Waals surface area (Å²) in [5, 5.41) is 3.05. The number of hydrogen-bond donors (Lipinski definition) is 1. The molecule has 1 N–H and O–H groups in total. The maximum Gasteiger partial charge on any atom is 0.146 e. The van der Waals surface area contributed by atoms with Crippen molar-refractivity contribution in [3.8, 4) is 11.8 Å². The smallest absolute Gasteiger partial charge is 0.146 e. The van der Waals surface area contributed by atoms with Gasteiger partial charge in [0.05, 0.1) is 11.7 Å². The van der Waals surface area contributed by atoms with Gasteiger partial charge in [-0.2, -0.15) is 0 Å². The van der Waals surface area contributed by atoms with Crippen LogP contribution in [-0.2, 0) is 0 Å². The third-order valence-corrected chi connectivity index (χ3v) is 2.20. The highest BCUT2D eigenvalue weighted by atomic mass is 19.1. The molecule has 1 atom stereocenters. The van der Waals surface area contributed by atoms with Gasteiger partial charge in [-0.25, -0.2) is 4.39 Å². The molecule has 15 heavy (non-hydrogen) atoms. The number of hydrogen-bond acceptors (Lipinski definition) is 2. The van der Waals surface area contributed by atoms with Crippen molar-refractivity contribution in [2.24, 2.45) is 0 Å². The van der Waals surface area contributed by atoms with E-state index in [1.807, 2.05) is 0 Å². The summed E-state index contributed by atoms with van der Waals surface area (Å²) in [6.07, 6.45) is 3.12. The molecule has 1 heterocycles. The van der Waals surface area contributed by atoms with E-state index in [1.54, 1.807) is 26.2 Å². The van der Waals surface area contributed by atoms with Crippen LogP contribution in [0.1, 0.15) is 31.5 Å². The maximum absolute atomic E-state index is 13.4. The third-order valence-electron chi connectivity index (χ3n) is 2.20. The van der Waals surface area contributed by atoms with Crippen molar-refractivity contribution in [1.29, 1.82) is 0 Å². The number of aromatic nitrogens is 1. The Morgan fingerprint density at radius 2 is 2.40 bits per heavy atom. The molecule has 0 aliphatic heterocycles. The molecule has 0 aromatic carbocycles. The van der Waals surface area contributed by atoms with Gasteiger partial charge in [0.2, 0.25) is 0 Å². The summed E-state index contributed by atoms with van der Waals surface area (Å²) in [7, 11) is 1.80. The molecule has 0 aliphatic carbocycles. The second kappa shape index (κ2) is 6.15. The van der Waals surface area contributed by atoms with E-state index in [2.05, 4.69) is 22.1 Å². The molecule has 1 unspecified atom stereocenters. The monoisotopic (exact) mass is 206 g/mol. The summed E-state index contributed by atoms with van der Waals surface area (Å²) in [4.78, 5) is 4.04. The predicted molar refractivity (Wildman–Crippen MR) is 58.7 cm³/mol. The van der Waals surface area contributed by atoms with E-state index < -0.39 is 0 Å². The Labute approximate surface area is 89.9 Å². The van der Waals surface area contributed by atoms with Gasteiger partial charge in [0.15, 0.2) is 0 Å². The van der Waals surface area contributed by atoms with Crippen LogP contribution in [0.15, 0.2) is 18.3 Å². The fourth-order valence-electron chi connectivity index (χ4n) is 1.41. The largest absolute Gasteiger partial charge is 0.312 e. The van der Waals surface area contributed by atoms with Crippen LogP contribution in [0.5, 0.6) is 0 Å². The van der Waals surface area contributed by atoms with Gasteiger partial charge in [-0.05, 0) is 32.5 Å². The molecule has 0 radical (unpaired) electrons. The summed E-state index contributed by atoms with van der Waals surface area (Å²) in [5.74, 6) is 5.52. The van der Waals surface area contributed by atoms with E-state index in [9.17, 15) is 4.39 Å². The van der Waals surface area contributed by atoms with Crippen LogP contribution < -0.4 is 5.32 Å². The Hall–Kier alpha value is -1.40. The summed E-state index contributed by atoms with van der Waals surface area (Å²) in [6.45, 7) is 1.80. The van der Waals surface area contributed by atoms with Gasteiger partial charge in [0.1, 0.15) is 5.82 Å². The van der Waals surface area contributed by atoms with E-state index in [0.717, 1.165) is 12.8 Å². The molecular weight excluding hydrogens is 191 g/mol. The van der Waals surface area contributed by atoms with Gasteiger partial charge in [-0.15, -0.1) is 11.8 Å². The summed E-state index contributed by atoms with van der Waals surface area (Å²) < 4.78 is 13.4. The summed E-state index contributed by atoms with van der Waals surface area (Å²) in [6, 6.07) is 2.96. The molecule has 0 saturated carbocycles. The minimum atomic E-state index is -0.263. The Balaban J connectivity index is 2.72. The van der Waals surface area contributed by atoms with Gasteiger partial charge in [0, 0.05) is 12.6 Å². The Morgan fingerprint density at radius 3 is 3.00 bits per heavy atom. The van der Waals surface area contributed by atoms with Crippen LogP contribution in [0.2, 0.25) is 0 Å². The Morgan fingerprint density at radius 1 is 1.60 bits per heavy atom. The first-order valence-electron chi connectivity index (χ1n) is 4.97. The van der Waals surface area contributed by atoms with Gasteiger partial charge < -0.3 is 5.32 Å². The predicted octanol–water partition coefficient (Wildman–Crippen LogP) is 2.28. The van der Waals surface area contributed by atoms with Crippen LogP contribution in [0, 0.1) is 17.7 Å². The molecule has 1 aromatic heterocycles. The summed E-state index contributed by atoms with van der Waals surface area (Å²) >= 11 is 0. The van der Waals surface area contributed by atoms with Crippen molar-refractivity contribution in [3.05, 3.63) is 29.8 Å². The number of halogens is 1. The molecule has 0 aliphatic rings. The zero-order valence-corrected chi connectivity index (χ0v) is 9.05. The SMILES string of the molecule is CC#CCCC(NC)c1ncccc1F. The highest BCUT2D eigenvalue weighted by Gasteiger charge is 2.13. The maximum atomic E-state index is 13.4. The lowest BCUT2D eigenvalue weighted by molar-refractivity contribution is 0.498. The first-order chi connectivity index (χ1) is 7.29. The average molecular weight is 206 g/mol. The molecule has 0 saturated heterocycles. The fourth-order valence-corrected chi connectivity index (χ4v) is 1.41. The second-order valence-electron chi connectivity index (χ2n) is 3.18. The van der Waals surface area contributed by atoms with Gasteiger partial charge in [0.25, 0.3) is 0 Å². The number of nitrogens with one attached hydrogen (secondary N) is 1. The highest BCUT2D eigenvalue weighted by molar-refractivity contribution is 5.12. The topological polar surface area (TPSA) is 24.9 Å². The second-order valence-corrected chi connectivity index (χ2v) is 3.18. The van der Waals surface area contributed by atoms with Crippen LogP contribution in [-0.4, -0.2) is 12.0 Å². The minimum Gasteiger partial charge on any atom is -0.312 e. The molecule has 1 aromatic rings. The molecule has 2 nitrogen and oxygen atoms in total. The lowest BCUT2D eigenvalue weighted by Crippen LogP contribution is -2.18. The molecule has 0 spiro atoms. The van der Waals surface area contributed by atoms with Crippen molar-refractivity contribution < 1.29 is 4.39 Å². The molecule has 3 heteroatoms. The standard InChI is InChI=1S/C12H15FN2/c1-3-4-5-8-11(14-2)12-10(13)7-6-9-15-12/h6-7,9,11,14H,5,8H2,1-2H3. The lowest BCUT2D eigenvalue weighted by Gasteiger charge is -2.14. The fraction of sp³-hybridized carbons (Fsp3) is 0.417. The molecule has 0 amide bonds. The van der Waals surface area contributed by atoms with Crippen molar-refractivity contribution in [1.82, 2.24) is 10.3 Å². The zero-order valence-electron chi connectivity index (χ0n) is 9.05. The Bertz CT molecular complexity index is 365. The van der Waals surface area contributed by atoms with Crippen molar-refractivity contribution in [2.75, 3.05) is 7.05 Å². The molecule has 80 valence electrons. The molecular formula is C12H15FN2. The quantitative estimate of drug-likeness (QED) is 0.764. The van der Waals surface area contributed by atoms with E-state index >= 15 is 0 Å². The zero-order chi connectivity index (χ0) is 11.1. The van der Waals surface area contributed by atoms with Crippen molar-refractivity contribution >= 4 is 0 Å². The number of nitrogens with zero attached hydrogens (tertiary/aromatic N) is 1. The van der Waals surface area contributed by atoms with E-state index in [-0.39, 0.29) is 11.9 Å². The molecule has 1 rings (SSSR count). The van der Waals surface area contributed by atoms with Crippen LogP contribution in [0.4, 0.5) is 4.39 Å². The Kier molecular flexibility index (Phi) is 4.79. The van der Waals surface area contributed by atoms with Gasteiger partial charge >= 0.3 is 0 Å². The minimum absolute atomic E-state index is 0.0629. The van der Waals surface area contributed by atoms with E-state index in [1.165, 1.54) is 6.07 Å². The van der Waals surface area contributed by atoms with Gasteiger partial charge in [-0.3, -0.25) is 4.98 Å². The lowest BCUT2D eigenvalue weighted by atomic mass is 10.1. The van der Waals surface area contributed by atoms with Crippen LogP contribution in [0.3, 0.4) is 0 Å². The van der Waals surface area contributed by atoms with Crippen LogP contribution in [0.25, 0.3) is 0 Å².